The minimum Gasteiger partial charge on any atom is -0.394 e. The van der Waals surface area contributed by atoms with Gasteiger partial charge in [0.15, 0.2) is 5.65 Å². The third-order valence-corrected chi connectivity index (χ3v) is 5.75. The number of carbonyl (C=O) groups is 1. The monoisotopic (exact) mass is 464 g/mol. The topological polar surface area (TPSA) is 115 Å². The Kier molecular flexibility index (Phi) is 5.73. The molecule has 11 heteroatoms. The number of nitrogens with zero attached hydrogens (tertiary/aromatic N) is 5. The molecular formula is C22H17FN6O3S. The number of rotatable bonds is 7. The first-order valence-electron chi connectivity index (χ1n) is 9.97. The lowest BCUT2D eigenvalue weighted by Crippen LogP contribution is -2.26. The molecule has 33 heavy (non-hydrogen) atoms. The van der Waals surface area contributed by atoms with Crippen molar-refractivity contribution in [2.24, 2.45) is 0 Å². The second-order valence-electron chi connectivity index (χ2n) is 7.14. The average Bonchev–Trinajstić information content (AvgIpc) is 3.45. The van der Waals surface area contributed by atoms with Crippen molar-refractivity contribution in [3.8, 4) is 11.3 Å². The summed E-state index contributed by atoms with van der Waals surface area (Å²) in [5.74, 6) is -1.46. The van der Waals surface area contributed by atoms with E-state index in [9.17, 15) is 9.18 Å². The molecule has 5 aromatic rings. The summed E-state index contributed by atoms with van der Waals surface area (Å²) in [6.07, 6.45) is 0. The summed E-state index contributed by atoms with van der Waals surface area (Å²) in [5.41, 5.74) is 7.91. The number of benzene rings is 2. The fraction of sp³-hybridized carbons (Fsp3) is 0.136. The highest BCUT2D eigenvalue weighted by atomic mass is 32.1. The Morgan fingerprint density at radius 1 is 1.15 bits per heavy atom. The van der Waals surface area contributed by atoms with Crippen LogP contribution in [-0.4, -0.2) is 49.2 Å². The van der Waals surface area contributed by atoms with Gasteiger partial charge in [-0.05, 0) is 42.0 Å². The van der Waals surface area contributed by atoms with Gasteiger partial charge >= 0.3 is 0 Å². The van der Waals surface area contributed by atoms with Crippen LogP contribution in [0.25, 0.3) is 32.6 Å². The van der Waals surface area contributed by atoms with Crippen molar-refractivity contribution in [2.75, 3.05) is 13.2 Å². The number of fused-ring (bicyclic) bond motifs is 2. The van der Waals surface area contributed by atoms with E-state index in [0.29, 0.717) is 29.0 Å². The summed E-state index contributed by atoms with van der Waals surface area (Å²) < 4.78 is 17.4. The SMILES string of the molecule is O=C(NOCCO)c1ccc(-c2ccc3nnn(Cc4ccc5ncsc5c4)c3n2)cc1F. The van der Waals surface area contributed by atoms with Crippen LogP contribution in [0.3, 0.4) is 0 Å². The normalized spacial score (nSPS) is 11.3. The number of aliphatic hydroxyl groups excluding tert-OH is 1. The van der Waals surface area contributed by atoms with Crippen molar-refractivity contribution in [2.45, 2.75) is 6.54 Å². The molecule has 0 spiro atoms. The van der Waals surface area contributed by atoms with Gasteiger partial charge in [-0.3, -0.25) is 9.63 Å². The molecule has 9 nitrogen and oxygen atoms in total. The Bertz CT molecular complexity index is 1470. The molecule has 3 heterocycles. The van der Waals surface area contributed by atoms with Gasteiger partial charge in [-0.2, -0.15) is 0 Å². The number of aromatic nitrogens is 5. The molecule has 5 rings (SSSR count). The molecule has 0 fully saturated rings. The third kappa shape index (κ3) is 4.29. The molecule has 0 saturated carbocycles. The second-order valence-corrected chi connectivity index (χ2v) is 8.02. The van der Waals surface area contributed by atoms with Gasteiger partial charge in [0.25, 0.3) is 5.91 Å². The molecule has 0 bridgehead atoms. The zero-order valence-corrected chi connectivity index (χ0v) is 17.9. The summed E-state index contributed by atoms with van der Waals surface area (Å²) in [6, 6.07) is 13.7. The maximum absolute atomic E-state index is 14.6. The molecule has 2 N–H and O–H groups in total. The fourth-order valence-corrected chi connectivity index (χ4v) is 4.11. The smallest absolute Gasteiger partial charge is 0.277 e. The number of carbonyl (C=O) groups excluding carboxylic acids is 1. The first-order valence-corrected chi connectivity index (χ1v) is 10.9. The quantitative estimate of drug-likeness (QED) is 0.281. The molecule has 0 unspecified atom stereocenters. The third-order valence-electron chi connectivity index (χ3n) is 4.96. The minimum absolute atomic E-state index is 0.0881. The number of hydrogen-bond acceptors (Lipinski definition) is 8. The van der Waals surface area contributed by atoms with Crippen LogP contribution >= 0.6 is 11.3 Å². The predicted octanol–water partition coefficient (Wildman–Crippen LogP) is 2.94. The van der Waals surface area contributed by atoms with E-state index in [4.69, 9.17) is 9.94 Å². The Hall–Kier alpha value is -3.80. The molecule has 3 aromatic heterocycles. The molecule has 2 aromatic carbocycles. The number of hydroxylamine groups is 1. The molecule has 1 amide bonds. The van der Waals surface area contributed by atoms with E-state index in [1.807, 2.05) is 17.6 Å². The van der Waals surface area contributed by atoms with Gasteiger partial charge in [0.05, 0.1) is 46.7 Å². The molecule has 0 aliphatic heterocycles. The van der Waals surface area contributed by atoms with Gasteiger partial charge in [-0.25, -0.2) is 24.5 Å². The number of amides is 1. The van der Waals surface area contributed by atoms with E-state index in [2.05, 4.69) is 31.8 Å². The van der Waals surface area contributed by atoms with Crippen LogP contribution in [0.4, 0.5) is 4.39 Å². The van der Waals surface area contributed by atoms with Gasteiger partial charge < -0.3 is 5.11 Å². The summed E-state index contributed by atoms with van der Waals surface area (Å²) >= 11 is 1.57. The summed E-state index contributed by atoms with van der Waals surface area (Å²) in [5, 5.41) is 17.1. The highest BCUT2D eigenvalue weighted by Gasteiger charge is 2.15. The summed E-state index contributed by atoms with van der Waals surface area (Å²) in [4.78, 5) is 25.7. The van der Waals surface area contributed by atoms with Crippen molar-refractivity contribution in [1.29, 1.82) is 0 Å². The lowest BCUT2D eigenvalue weighted by molar-refractivity contribution is 0.0165. The van der Waals surface area contributed by atoms with Crippen LogP contribution < -0.4 is 5.48 Å². The van der Waals surface area contributed by atoms with E-state index in [1.54, 1.807) is 34.2 Å². The lowest BCUT2D eigenvalue weighted by atomic mass is 10.1. The standard InChI is InChI=1S/C22H17FN6O3S/c23-16-10-14(2-3-15(16)22(31)27-32-8-7-30)17-5-6-19-21(25-17)29(28-26-19)11-13-1-4-18-20(9-13)33-12-24-18/h1-6,9-10,12,30H,7-8,11H2,(H,27,31). The van der Waals surface area contributed by atoms with Crippen molar-refractivity contribution >= 4 is 38.6 Å². The van der Waals surface area contributed by atoms with Gasteiger partial charge in [-0.1, -0.05) is 17.3 Å². The van der Waals surface area contributed by atoms with Crippen LogP contribution in [0, 0.1) is 5.82 Å². The van der Waals surface area contributed by atoms with Gasteiger partial charge in [-0.15, -0.1) is 16.4 Å². The molecule has 166 valence electrons. The average molecular weight is 464 g/mol. The highest BCUT2D eigenvalue weighted by Crippen LogP contribution is 2.24. The molecule has 0 aliphatic carbocycles. The number of hydrogen-bond donors (Lipinski definition) is 2. The van der Waals surface area contributed by atoms with Crippen LogP contribution in [0.5, 0.6) is 0 Å². The van der Waals surface area contributed by atoms with E-state index in [1.165, 1.54) is 12.1 Å². The summed E-state index contributed by atoms with van der Waals surface area (Å²) in [7, 11) is 0. The number of aliphatic hydroxyl groups is 1. The van der Waals surface area contributed by atoms with Crippen LogP contribution in [0.2, 0.25) is 0 Å². The van der Waals surface area contributed by atoms with Gasteiger partial charge in [0, 0.05) is 5.56 Å². The molecular weight excluding hydrogens is 447 g/mol. The number of thiazole rings is 1. The molecule has 0 atom stereocenters. The Balaban J connectivity index is 1.42. The lowest BCUT2D eigenvalue weighted by Gasteiger charge is -2.08. The van der Waals surface area contributed by atoms with Crippen molar-refractivity contribution in [3.63, 3.8) is 0 Å². The van der Waals surface area contributed by atoms with Crippen LogP contribution in [0.1, 0.15) is 15.9 Å². The zero-order chi connectivity index (χ0) is 22.8. The van der Waals surface area contributed by atoms with Crippen LogP contribution in [0.15, 0.2) is 54.0 Å². The van der Waals surface area contributed by atoms with E-state index in [-0.39, 0.29) is 18.8 Å². The highest BCUT2D eigenvalue weighted by molar-refractivity contribution is 7.16. The largest absolute Gasteiger partial charge is 0.394 e. The van der Waals surface area contributed by atoms with E-state index >= 15 is 0 Å². The number of halogens is 1. The van der Waals surface area contributed by atoms with Gasteiger partial charge in [0.1, 0.15) is 11.3 Å². The first-order chi connectivity index (χ1) is 16.1. The fourth-order valence-electron chi connectivity index (χ4n) is 3.37. The molecule has 0 saturated heterocycles. The maximum Gasteiger partial charge on any atom is 0.277 e. The van der Waals surface area contributed by atoms with Gasteiger partial charge in [0.2, 0.25) is 0 Å². The second kappa shape index (κ2) is 8.98. The van der Waals surface area contributed by atoms with Crippen molar-refractivity contribution < 1.29 is 19.1 Å². The van der Waals surface area contributed by atoms with E-state index in [0.717, 1.165) is 15.8 Å². The van der Waals surface area contributed by atoms with Crippen molar-refractivity contribution in [1.82, 2.24) is 30.4 Å². The molecule has 0 aliphatic rings. The summed E-state index contributed by atoms with van der Waals surface area (Å²) in [6.45, 7) is 0.123. The Labute approximate surface area is 190 Å². The maximum atomic E-state index is 14.6. The minimum atomic E-state index is -0.740. The van der Waals surface area contributed by atoms with Crippen LogP contribution in [-0.2, 0) is 11.4 Å². The number of pyridine rings is 1. The Morgan fingerprint density at radius 3 is 2.88 bits per heavy atom. The van der Waals surface area contributed by atoms with E-state index < -0.39 is 11.7 Å². The van der Waals surface area contributed by atoms with Crippen molar-refractivity contribution in [3.05, 3.63) is 71.0 Å². The Morgan fingerprint density at radius 2 is 2.03 bits per heavy atom. The zero-order valence-electron chi connectivity index (χ0n) is 17.1. The number of nitrogens with one attached hydrogen (secondary N) is 1. The molecule has 0 radical (unpaired) electrons. The predicted molar refractivity (Wildman–Crippen MR) is 120 cm³/mol. The first kappa shape index (κ1) is 21.1.